The summed E-state index contributed by atoms with van der Waals surface area (Å²) in [6.45, 7) is 4.33. The zero-order valence-corrected chi connectivity index (χ0v) is 12.4. The molecule has 1 atom stereocenters. The molecule has 1 fully saturated rings. The van der Waals surface area contributed by atoms with Crippen LogP contribution >= 0.6 is 11.6 Å². The summed E-state index contributed by atoms with van der Waals surface area (Å²) in [5, 5.41) is 9.86. The van der Waals surface area contributed by atoms with Gasteiger partial charge in [-0.15, -0.1) is 0 Å². The molecule has 0 radical (unpaired) electrons. The SMILES string of the molecule is Cc1c(Cl)cccc1C(=O)N1CCCC(C)(C(=O)O)C1. The summed E-state index contributed by atoms with van der Waals surface area (Å²) in [6, 6.07) is 5.21. The Morgan fingerprint density at radius 3 is 2.75 bits per heavy atom. The van der Waals surface area contributed by atoms with Gasteiger partial charge in [0.2, 0.25) is 0 Å². The molecule has 5 heteroatoms. The molecule has 1 heterocycles. The molecule has 4 nitrogen and oxygen atoms in total. The fourth-order valence-electron chi connectivity index (χ4n) is 2.60. The molecular formula is C15H18ClNO3. The van der Waals surface area contributed by atoms with E-state index in [1.54, 1.807) is 36.9 Å². The van der Waals surface area contributed by atoms with Gasteiger partial charge in [-0.3, -0.25) is 9.59 Å². The minimum absolute atomic E-state index is 0.142. The van der Waals surface area contributed by atoms with Crippen LogP contribution in [0.2, 0.25) is 5.02 Å². The van der Waals surface area contributed by atoms with Gasteiger partial charge >= 0.3 is 5.97 Å². The highest BCUT2D eigenvalue weighted by molar-refractivity contribution is 6.31. The van der Waals surface area contributed by atoms with Crippen molar-refractivity contribution in [3.05, 3.63) is 34.3 Å². The van der Waals surface area contributed by atoms with Gasteiger partial charge in [-0.05, 0) is 44.4 Å². The zero-order valence-electron chi connectivity index (χ0n) is 11.6. The summed E-state index contributed by atoms with van der Waals surface area (Å²) in [6.07, 6.45) is 1.30. The van der Waals surface area contributed by atoms with E-state index in [4.69, 9.17) is 11.6 Å². The molecular weight excluding hydrogens is 278 g/mol. The number of nitrogens with zero attached hydrogens (tertiary/aromatic N) is 1. The topological polar surface area (TPSA) is 57.6 Å². The van der Waals surface area contributed by atoms with Gasteiger partial charge in [-0.25, -0.2) is 0 Å². The van der Waals surface area contributed by atoms with Crippen molar-refractivity contribution in [3.8, 4) is 0 Å². The van der Waals surface area contributed by atoms with E-state index in [1.165, 1.54) is 0 Å². The van der Waals surface area contributed by atoms with Crippen LogP contribution in [-0.4, -0.2) is 35.0 Å². The van der Waals surface area contributed by atoms with Gasteiger partial charge in [0.1, 0.15) is 0 Å². The lowest BCUT2D eigenvalue weighted by Crippen LogP contribution is -2.48. The van der Waals surface area contributed by atoms with E-state index in [9.17, 15) is 14.7 Å². The monoisotopic (exact) mass is 295 g/mol. The lowest BCUT2D eigenvalue weighted by atomic mass is 9.82. The number of carbonyl (C=O) groups is 2. The van der Waals surface area contributed by atoms with Crippen LogP contribution in [-0.2, 0) is 4.79 Å². The summed E-state index contributed by atoms with van der Waals surface area (Å²) in [4.78, 5) is 25.5. The van der Waals surface area contributed by atoms with Crippen LogP contribution in [0.25, 0.3) is 0 Å². The number of benzene rings is 1. The Hall–Kier alpha value is -1.55. The summed E-state index contributed by atoms with van der Waals surface area (Å²) in [5.74, 6) is -0.991. The van der Waals surface area contributed by atoms with Crippen LogP contribution in [0.5, 0.6) is 0 Å². The first-order chi connectivity index (χ1) is 9.35. The molecule has 20 heavy (non-hydrogen) atoms. The number of likely N-dealkylation sites (tertiary alicyclic amines) is 1. The standard InChI is InChI=1S/C15H18ClNO3/c1-10-11(5-3-6-12(10)16)13(18)17-8-4-7-15(2,9-17)14(19)20/h3,5-6H,4,7-9H2,1-2H3,(H,19,20). The molecule has 1 saturated heterocycles. The van der Waals surface area contributed by atoms with Crippen molar-refractivity contribution in [2.75, 3.05) is 13.1 Å². The first-order valence-corrected chi connectivity index (χ1v) is 7.01. The minimum Gasteiger partial charge on any atom is -0.481 e. The molecule has 0 aliphatic carbocycles. The number of hydrogen-bond donors (Lipinski definition) is 1. The Labute approximate surface area is 123 Å². The van der Waals surface area contributed by atoms with E-state index in [1.807, 2.05) is 0 Å². The molecule has 0 bridgehead atoms. The molecule has 1 aliphatic heterocycles. The molecule has 108 valence electrons. The van der Waals surface area contributed by atoms with Crippen molar-refractivity contribution >= 4 is 23.5 Å². The average Bonchev–Trinajstić information content (AvgIpc) is 2.41. The number of aliphatic carboxylic acids is 1. The molecule has 2 rings (SSSR count). The molecule has 0 saturated carbocycles. The smallest absolute Gasteiger partial charge is 0.311 e. The molecule has 0 spiro atoms. The maximum absolute atomic E-state index is 12.6. The fourth-order valence-corrected chi connectivity index (χ4v) is 2.77. The van der Waals surface area contributed by atoms with Gasteiger partial charge in [0.05, 0.1) is 5.41 Å². The molecule has 1 amide bonds. The van der Waals surface area contributed by atoms with Crippen LogP contribution in [0.3, 0.4) is 0 Å². The van der Waals surface area contributed by atoms with Gasteiger partial charge in [-0.2, -0.15) is 0 Å². The lowest BCUT2D eigenvalue weighted by Gasteiger charge is -2.37. The van der Waals surface area contributed by atoms with E-state index < -0.39 is 11.4 Å². The quantitative estimate of drug-likeness (QED) is 0.912. The molecule has 1 unspecified atom stereocenters. The highest BCUT2D eigenvalue weighted by atomic mass is 35.5. The second-order valence-corrected chi connectivity index (χ2v) is 6.02. The van der Waals surface area contributed by atoms with Gasteiger partial charge < -0.3 is 10.0 Å². The second kappa shape index (κ2) is 5.44. The van der Waals surface area contributed by atoms with E-state index >= 15 is 0 Å². The third-order valence-corrected chi connectivity index (χ3v) is 4.41. The van der Waals surface area contributed by atoms with Crippen LogP contribution < -0.4 is 0 Å². The Bertz CT molecular complexity index is 558. The summed E-state index contributed by atoms with van der Waals surface area (Å²) in [5.41, 5.74) is 0.425. The van der Waals surface area contributed by atoms with Gasteiger partial charge in [0.15, 0.2) is 0 Å². The number of hydrogen-bond acceptors (Lipinski definition) is 2. The maximum Gasteiger partial charge on any atom is 0.311 e. The van der Waals surface area contributed by atoms with E-state index in [-0.39, 0.29) is 12.5 Å². The third kappa shape index (κ3) is 2.66. The number of amides is 1. The molecule has 1 aromatic carbocycles. The Morgan fingerprint density at radius 2 is 2.10 bits per heavy atom. The Kier molecular flexibility index (Phi) is 4.04. The average molecular weight is 296 g/mol. The zero-order chi connectivity index (χ0) is 14.9. The first-order valence-electron chi connectivity index (χ1n) is 6.63. The van der Waals surface area contributed by atoms with Crippen LogP contribution in [0.4, 0.5) is 0 Å². The van der Waals surface area contributed by atoms with Crippen molar-refractivity contribution in [3.63, 3.8) is 0 Å². The first kappa shape index (κ1) is 14.9. The van der Waals surface area contributed by atoms with Gasteiger partial charge in [0.25, 0.3) is 5.91 Å². The maximum atomic E-state index is 12.6. The van der Waals surface area contributed by atoms with Gasteiger partial charge in [0, 0.05) is 23.7 Å². The van der Waals surface area contributed by atoms with Crippen LogP contribution in [0, 0.1) is 12.3 Å². The largest absolute Gasteiger partial charge is 0.481 e. The minimum atomic E-state index is -0.861. The van der Waals surface area contributed by atoms with E-state index in [2.05, 4.69) is 0 Å². The highest BCUT2D eigenvalue weighted by Gasteiger charge is 2.39. The predicted molar refractivity (Wildman–Crippen MR) is 77.1 cm³/mol. The summed E-state index contributed by atoms with van der Waals surface area (Å²) < 4.78 is 0. The number of piperidine rings is 1. The predicted octanol–water partition coefficient (Wildman–Crippen LogP) is 2.98. The van der Waals surface area contributed by atoms with E-state index in [0.29, 0.717) is 30.0 Å². The summed E-state index contributed by atoms with van der Waals surface area (Å²) in [7, 11) is 0. The number of carboxylic acid groups (broad SMARTS) is 1. The molecule has 1 N–H and O–H groups in total. The second-order valence-electron chi connectivity index (χ2n) is 5.61. The molecule has 1 aliphatic rings. The van der Waals surface area contributed by atoms with Crippen molar-refractivity contribution < 1.29 is 14.7 Å². The molecule has 1 aromatic rings. The highest BCUT2D eigenvalue weighted by Crippen LogP contribution is 2.31. The number of halogens is 1. The number of carboxylic acids is 1. The van der Waals surface area contributed by atoms with Crippen molar-refractivity contribution in [1.82, 2.24) is 4.90 Å². The normalized spacial score (nSPS) is 22.6. The third-order valence-electron chi connectivity index (χ3n) is 4.00. The van der Waals surface area contributed by atoms with Crippen molar-refractivity contribution in [1.29, 1.82) is 0 Å². The van der Waals surface area contributed by atoms with E-state index in [0.717, 1.165) is 5.56 Å². The number of carbonyl (C=O) groups excluding carboxylic acids is 1. The van der Waals surface area contributed by atoms with Crippen LogP contribution in [0.1, 0.15) is 35.7 Å². The number of rotatable bonds is 2. The lowest BCUT2D eigenvalue weighted by molar-refractivity contribution is -0.150. The fraction of sp³-hybridized carbons (Fsp3) is 0.467. The summed E-state index contributed by atoms with van der Waals surface area (Å²) >= 11 is 6.04. The Morgan fingerprint density at radius 1 is 1.40 bits per heavy atom. The molecule has 0 aromatic heterocycles. The van der Waals surface area contributed by atoms with Crippen LogP contribution in [0.15, 0.2) is 18.2 Å². The Balaban J connectivity index is 2.25. The van der Waals surface area contributed by atoms with Crippen molar-refractivity contribution in [2.24, 2.45) is 5.41 Å². The van der Waals surface area contributed by atoms with Gasteiger partial charge in [-0.1, -0.05) is 17.7 Å². The van der Waals surface area contributed by atoms with Crippen molar-refractivity contribution in [2.45, 2.75) is 26.7 Å².